The molecule has 0 atom stereocenters. The van der Waals surface area contributed by atoms with Crippen LogP contribution < -0.4 is 9.80 Å². The van der Waals surface area contributed by atoms with Crippen molar-refractivity contribution >= 4 is 55.7 Å². The fourth-order valence-corrected chi connectivity index (χ4v) is 7.38. The summed E-state index contributed by atoms with van der Waals surface area (Å²) in [6, 6.07) is 24.6. The second-order valence-corrected chi connectivity index (χ2v) is 13.4. The van der Waals surface area contributed by atoms with E-state index < -0.39 is 46.3 Å². The van der Waals surface area contributed by atoms with Crippen LogP contribution >= 0.6 is 0 Å². The fraction of sp³-hybridized carbons (Fsp3) is 0.136. The van der Waals surface area contributed by atoms with Crippen molar-refractivity contribution in [3.05, 3.63) is 165 Å². The Hall–Kier alpha value is -5.76. The number of hydrogen-bond acceptors (Lipinski definition) is 2. The normalized spacial score (nSPS) is 11.5. The van der Waals surface area contributed by atoms with Crippen LogP contribution in [0.2, 0.25) is 0 Å². The summed E-state index contributed by atoms with van der Waals surface area (Å²) < 4.78 is 93.6. The van der Waals surface area contributed by atoms with E-state index in [1.807, 2.05) is 114 Å². The zero-order valence-electron chi connectivity index (χ0n) is 29.4. The van der Waals surface area contributed by atoms with Crippen LogP contribution in [0.15, 0.2) is 97.1 Å². The number of benzene rings is 7. The minimum atomic E-state index is -1.11. The molecule has 8 heteroatoms. The van der Waals surface area contributed by atoms with Crippen LogP contribution in [0.4, 0.5) is 60.5 Å². The summed E-state index contributed by atoms with van der Waals surface area (Å²) >= 11 is 0. The number of rotatable bonds is 6. The van der Waals surface area contributed by atoms with Crippen LogP contribution in [0.1, 0.15) is 33.4 Å². The second kappa shape index (κ2) is 13.1. The molecule has 0 aliphatic rings. The molecule has 0 fully saturated rings. The van der Waals surface area contributed by atoms with Crippen molar-refractivity contribution in [2.45, 2.75) is 41.5 Å². The van der Waals surface area contributed by atoms with Gasteiger partial charge >= 0.3 is 0 Å². The Labute approximate surface area is 298 Å². The highest BCUT2D eigenvalue weighted by atomic mass is 19.2. The molecule has 0 saturated carbocycles. The number of fused-ring (bicyclic) bond motifs is 2. The van der Waals surface area contributed by atoms with Gasteiger partial charge in [0, 0.05) is 45.8 Å². The van der Waals surface area contributed by atoms with E-state index in [2.05, 4.69) is 0 Å². The van der Waals surface area contributed by atoms with Crippen LogP contribution in [0, 0.1) is 76.4 Å². The van der Waals surface area contributed by atoms with Gasteiger partial charge in [-0.1, -0.05) is 71.8 Å². The molecule has 0 aliphatic heterocycles. The number of anilines is 6. The minimum absolute atomic E-state index is 0.376. The van der Waals surface area contributed by atoms with E-state index in [1.54, 1.807) is 0 Å². The van der Waals surface area contributed by atoms with E-state index in [9.17, 15) is 8.78 Å². The lowest BCUT2D eigenvalue weighted by molar-refractivity contribution is 0.544. The molecule has 0 spiro atoms. The number of aryl methyl sites for hydroxylation is 6. The molecule has 2 nitrogen and oxygen atoms in total. The highest BCUT2D eigenvalue weighted by molar-refractivity contribution is 6.24. The Kier molecular flexibility index (Phi) is 8.73. The molecule has 0 aromatic heterocycles. The van der Waals surface area contributed by atoms with E-state index in [0.29, 0.717) is 90.8 Å². The number of hydrogen-bond donors (Lipinski definition) is 0. The molecule has 0 saturated heterocycles. The first-order chi connectivity index (χ1) is 24.8. The number of nitrogens with zero attached hydrogens (tertiary/aromatic N) is 2. The maximum Gasteiger partial charge on any atom is 0.153 e. The first kappa shape index (κ1) is 34.7. The third-order valence-electron chi connectivity index (χ3n) is 9.55. The first-order valence-corrected chi connectivity index (χ1v) is 16.7. The van der Waals surface area contributed by atoms with Crippen molar-refractivity contribution in [2.24, 2.45) is 0 Å². The molecule has 262 valence electrons. The lowest BCUT2D eigenvalue weighted by Gasteiger charge is -2.35. The molecular formula is C44H34F6N2. The molecule has 0 amide bonds. The van der Waals surface area contributed by atoms with E-state index in [-0.39, 0.29) is 0 Å². The Bertz CT molecular complexity index is 2310. The summed E-state index contributed by atoms with van der Waals surface area (Å²) in [6.45, 7) is 11.0. The predicted octanol–water partition coefficient (Wildman–Crippen LogP) is 13.6. The minimum Gasteiger partial charge on any atom is -0.303 e. The summed E-state index contributed by atoms with van der Waals surface area (Å²) in [5.74, 6) is -6.58. The van der Waals surface area contributed by atoms with Crippen LogP contribution in [-0.2, 0) is 0 Å². The molecule has 7 aromatic carbocycles. The van der Waals surface area contributed by atoms with Crippen molar-refractivity contribution in [1.29, 1.82) is 0 Å². The predicted molar refractivity (Wildman–Crippen MR) is 199 cm³/mol. The Morgan fingerprint density at radius 3 is 0.942 bits per heavy atom. The molecule has 0 N–H and O–H groups in total. The summed E-state index contributed by atoms with van der Waals surface area (Å²) in [5.41, 5.74) is 5.11. The van der Waals surface area contributed by atoms with Crippen LogP contribution in [0.3, 0.4) is 0 Å². The molecule has 52 heavy (non-hydrogen) atoms. The van der Waals surface area contributed by atoms with Gasteiger partial charge in [-0.25, -0.2) is 26.3 Å². The van der Waals surface area contributed by atoms with Gasteiger partial charge in [0.05, 0.1) is 22.7 Å². The second-order valence-electron chi connectivity index (χ2n) is 13.4. The summed E-state index contributed by atoms with van der Waals surface area (Å²) in [4.78, 5) is 2.97. The first-order valence-electron chi connectivity index (χ1n) is 16.7. The summed E-state index contributed by atoms with van der Waals surface area (Å²) in [7, 11) is 0. The van der Waals surface area contributed by atoms with E-state index >= 15 is 17.6 Å². The van der Waals surface area contributed by atoms with Crippen LogP contribution in [0.5, 0.6) is 0 Å². The van der Waals surface area contributed by atoms with Crippen molar-refractivity contribution in [1.82, 2.24) is 0 Å². The molecule has 7 aromatic rings. The lowest BCUT2D eigenvalue weighted by Crippen LogP contribution is -2.20. The maximum absolute atomic E-state index is 16.2. The van der Waals surface area contributed by atoms with Gasteiger partial charge in [0.15, 0.2) is 23.3 Å². The lowest BCUT2D eigenvalue weighted by atomic mass is 9.92. The van der Waals surface area contributed by atoms with Gasteiger partial charge in [0.2, 0.25) is 0 Å². The number of halogens is 6. The molecule has 0 bridgehead atoms. The fourth-order valence-electron chi connectivity index (χ4n) is 7.38. The van der Waals surface area contributed by atoms with E-state index in [4.69, 9.17) is 0 Å². The van der Waals surface area contributed by atoms with Gasteiger partial charge in [-0.2, -0.15) is 0 Å². The third kappa shape index (κ3) is 5.72. The average Bonchev–Trinajstić information content (AvgIpc) is 3.05. The maximum atomic E-state index is 16.2. The largest absolute Gasteiger partial charge is 0.303 e. The monoisotopic (exact) mass is 704 g/mol. The van der Waals surface area contributed by atoms with Gasteiger partial charge in [-0.15, -0.1) is 0 Å². The van der Waals surface area contributed by atoms with Gasteiger partial charge in [-0.05, 0) is 75.9 Å². The van der Waals surface area contributed by atoms with Crippen LogP contribution in [-0.4, -0.2) is 0 Å². The van der Waals surface area contributed by atoms with Crippen molar-refractivity contribution in [3.63, 3.8) is 0 Å². The zero-order valence-corrected chi connectivity index (χ0v) is 29.4. The molecule has 0 heterocycles. The smallest absolute Gasteiger partial charge is 0.153 e. The zero-order chi connectivity index (χ0) is 37.2. The molecule has 0 unspecified atom stereocenters. The van der Waals surface area contributed by atoms with Crippen molar-refractivity contribution in [3.8, 4) is 0 Å². The van der Waals surface area contributed by atoms with Crippen molar-refractivity contribution < 1.29 is 26.3 Å². The standard InChI is InChI=1S/C44H34F6N2/c1-23-13-15-31-33(17-23)41(51(39-25(3)9-7-10-26(39)4)43-35(47)19-29(45)20-36(43)48)32-16-14-24(2)18-34(32)42(31)52(40-27(5)11-8-12-28(40)6)44-37(49)21-30(46)22-38(44)50/h7-22H,1-6H3. The van der Waals surface area contributed by atoms with Gasteiger partial charge in [0.1, 0.15) is 23.0 Å². The highest BCUT2D eigenvalue weighted by Gasteiger charge is 2.32. The molecule has 0 aliphatic carbocycles. The van der Waals surface area contributed by atoms with Gasteiger partial charge < -0.3 is 9.80 Å². The average molecular weight is 705 g/mol. The molecule has 7 rings (SSSR count). The molecule has 0 radical (unpaired) electrons. The third-order valence-corrected chi connectivity index (χ3v) is 9.55. The number of para-hydroxylation sites is 2. The topological polar surface area (TPSA) is 6.48 Å². The van der Waals surface area contributed by atoms with Crippen molar-refractivity contribution in [2.75, 3.05) is 9.80 Å². The SMILES string of the molecule is Cc1ccc2c(N(c3c(C)cccc3C)c3c(F)cc(F)cc3F)c3cc(C)ccc3c(N(c3c(C)cccc3C)c3c(F)cc(F)cc3F)c2c1. The Balaban J connectivity index is 1.75. The van der Waals surface area contributed by atoms with Crippen LogP contribution in [0.25, 0.3) is 21.5 Å². The quantitative estimate of drug-likeness (QED) is 0.0966. The van der Waals surface area contributed by atoms with Gasteiger partial charge in [0.25, 0.3) is 0 Å². The van der Waals surface area contributed by atoms with Gasteiger partial charge in [-0.3, -0.25) is 0 Å². The summed E-state index contributed by atoms with van der Waals surface area (Å²) in [5, 5.41) is 1.97. The van der Waals surface area contributed by atoms with E-state index in [0.717, 1.165) is 11.1 Å². The Morgan fingerprint density at radius 2 is 0.635 bits per heavy atom. The highest BCUT2D eigenvalue weighted by Crippen LogP contribution is 2.54. The summed E-state index contributed by atoms with van der Waals surface area (Å²) in [6.07, 6.45) is 0. The Morgan fingerprint density at radius 1 is 0.327 bits per heavy atom. The van der Waals surface area contributed by atoms with E-state index in [1.165, 1.54) is 9.80 Å². The molecular weight excluding hydrogens is 670 g/mol.